The third-order valence-corrected chi connectivity index (χ3v) is 9.80. The number of aryl methyl sites for hydroxylation is 2. The molecule has 0 unspecified atom stereocenters. The first-order valence-electron chi connectivity index (χ1n) is 13.7. The number of anilines is 1. The van der Waals surface area contributed by atoms with E-state index in [0.29, 0.717) is 18.1 Å². The molecular weight excluding hydrogens is 546 g/mol. The molecule has 0 amide bonds. The number of hydrogen-bond donors (Lipinski definition) is 2. The minimum Gasteiger partial charge on any atom is -0.483 e. The van der Waals surface area contributed by atoms with Crippen molar-refractivity contribution < 1.29 is 9.90 Å². The van der Waals surface area contributed by atoms with E-state index in [0.717, 1.165) is 51.6 Å². The van der Waals surface area contributed by atoms with E-state index in [1.54, 1.807) is 23.6 Å². The lowest BCUT2D eigenvalue weighted by Crippen LogP contribution is -2.46. The summed E-state index contributed by atoms with van der Waals surface area (Å²) < 4.78 is 2.65. The largest absolute Gasteiger partial charge is 0.483 e. The van der Waals surface area contributed by atoms with E-state index in [2.05, 4.69) is 44.6 Å². The first-order chi connectivity index (χ1) is 19.4. The van der Waals surface area contributed by atoms with Crippen molar-refractivity contribution in [3.05, 3.63) is 74.1 Å². The summed E-state index contributed by atoms with van der Waals surface area (Å²) in [5.41, 5.74) is 7.16. The molecule has 208 valence electrons. The second kappa shape index (κ2) is 11.0. The zero-order chi connectivity index (χ0) is 27.9. The third kappa shape index (κ3) is 5.02. The predicted octanol–water partition coefficient (Wildman–Crippen LogP) is 5.27. The van der Waals surface area contributed by atoms with Crippen molar-refractivity contribution in [3.8, 4) is 11.1 Å². The lowest BCUT2D eigenvalue weighted by atomic mass is 9.75. The SMILES string of the molecule is Cc1cnn(Cc2cc3nccc(-c4cc(Cl)cc5c4N([C@@H]4CNC6(CCC6)C4)CCC5)c3s2)c(=O)c1.O=CO. The van der Waals surface area contributed by atoms with Gasteiger partial charge in [0.2, 0.25) is 0 Å². The highest BCUT2D eigenvalue weighted by atomic mass is 35.5. The smallest absolute Gasteiger partial charge is 0.290 e. The maximum atomic E-state index is 12.4. The number of halogens is 1. The van der Waals surface area contributed by atoms with Gasteiger partial charge in [0.1, 0.15) is 0 Å². The Balaban J connectivity index is 0.000000925. The molecule has 1 aliphatic carbocycles. The topological polar surface area (TPSA) is 100 Å². The molecule has 7 rings (SSSR count). The molecule has 0 radical (unpaired) electrons. The molecule has 5 heterocycles. The summed E-state index contributed by atoms with van der Waals surface area (Å²) in [7, 11) is 0. The standard InChI is InChI=1S/C29H30ClN5OS.CH2O2/c1-18-10-26(36)35(33-15-18)17-22-13-25-28(37-22)23(5-8-31-25)24-12-20(30)11-19-4-2-9-34(27(19)24)21-14-29(32-16-21)6-3-7-29;2-1-3/h5,8,10-13,15,21,32H,2-4,6-7,9,14,16-17H2,1H3;1H,(H,2,3)/t21-;/m0./s1. The number of nitrogens with one attached hydrogen (secondary N) is 1. The van der Waals surface area contributed by atoms with Crippen LogP contribution in [0.1, 0.15) is 48.1 Å². The van der Waals surface area contributed by atoms with Crippen LogP contribution in [0.3, 0.4) is 0 Å². The molecule has 3 aliphatic rings. The quantitative estimate of drug-likeness (QED) is 0.319. The van der Waals surface area contributed by atoms with Crippen LogP contribution in [0.4, 0.5) is 5.69 Å². The molecule has 1 spiro atoms. The molecule has 2 aliphatic heterocycles. The van der Waals surface area contributed by atoms with Gasteiger partial charge >= 0.3 is 0 Å². The lowest BCUT2D eigenvalue weighted by Gasteiger charge is -2.41. The molecule has 4 aromatic rings. The number of thiophene rings is 1. The summed E-state index contributed by atoms with van der Waals surface area (Å²) in [5.74, 6) is 0. The van der Waals surface area contributed by atoms with E-state index in [1.807, 2.05) is 13.1 Å². The molecule has 3 aromatic heterocycles. The molecule has 2 N–H and O–H groups in total. The van der Waals surface area contributed by atoms with Gasteiger partial charge in [-0.25, -0.2) is 4.68 Å². The Labute approximate surface area is 241 Å². The van der Waals surface area contributed by atoms with Gasteiger partial charge in [-0.1, -0.05) is 11.6 Å². The lowest BCUT2D eigenvalue weighted by molar-refractivity contribution is -0.122. The van der Waals surface area contributed by atoms with E-state index in [-0.39, 0.29) is 12.0 Å². The van der Waals surface area contributed by atoms with Crippen LogP contribution in [0.15, 0.2) is 47.5 Å². The van der Waals surface area contributed by atoms with Crippen molar-refractivity contribution in [2.75, 3.05) is 18.0 Å². The Bertz CT molecular complexity index is 1630. The number of carbonyl (C=O) groups is 1. The minimum absolute atomic E-state index is 0.0837. The second-order valence-electron chi connectivity index (χ2n) is 11.1. The van der Waals surface area contributed by atoms with Crippen molar-refractivity contribution in [2.45, 2.75) is 63.6 Å². The molecule has 1 saturated heterocycles. The van der Waals surface area contributed by atoms with Gasteiger partial charge < -0.3 is 15.3 Å². The van der Waals surface area contributed by atoms with Gasteiger partial charge in [-0.2, -0.15) is 5.10 Å². The van der Waals surface area contributed by atoms with Crippen molar-refractivity contribution >= 4 is 45.3 Å². The van der Waals surface area contributed by atoms with Gasteiger partial charge in [0.25, 0.3) is 12.0 Å². The van der Waals surface area contributed by atoms with E-state index < -0.39 is 0 Å². The molecule has 10 heteroatoms. The molecule has 8 nitrogen and oxygen atoms in total. The maximum Gasteiger partial charge on any atom is 0.290 e. The highest BCUT2D eigenvalue weighted by Gasteiger charge is 2.45. The number of rotatable bonds is 4. The first-order valence-corrected chi connectivity index (χ1v) is 14.9. The van der Waals surface area contributed by atoms with Crippen LogP contribution in [0.5, 0.6) is 0 Å². The van der Waals surface area contributed by atoms with E-state index in [9.17, 15) is 4.79 Å². The molecule has 1 saturated carbocycles. The summed E-state index contributed by atoms with van der Waals surface area (Å²) in [6.07, 6.45) is 11.0. The number of benzene rings is 1. The molecule has 1 aromatic carbocycles. The van der Waals surface area contributed by atoms with Crippen LogP contribution in [-0.4, -0.2) is 51.0 Å². The van der Waals surface area contributed by atoms with Gasteiger partial charge in [-0.3, -0.25) is 14.6 Å². The molecule has 2 fully saturated rings. The molecule has 40 heavy (non-hydrogen) atoms. The number of nitrogens with zero attached hydrogens (tertiary/aromatic N) is 4. The fraction of sp³-hybridized carbons (Fsp3) is 0.400. The van der Waals surface area contributed by atoms with Crippen molar-refractivity contribution in [2.24, 2.45) is 0 Å². The van der Waals surface area contributed by atoms with Gasteiger partial charge in [0, 0.05) is 63.6 Å². The molecular formula is C30H32ClN5O3S. The fourth-order valence-corrected chi connectivity index (χ4v) is 7.87. The monoisotopic (exact) mass is 577 g/mol. The number of carboxylic acid groups (broad SMARTS) is 1. The van der Waals surface area contributed by atoms with Crippen LogP contribution >= 0.6 is 22.9 Å². The summed E-state index contributed by atoms with van der Waals surface area (Å²) in [5, 5.41) is 15.9. The van der Waals surface area contributed by atoms with Crippen LogP contribution in [0.25, 0.3) is 21.3 Å². The summed E-state index contributed by atoms with van der Waals surface area (Å²) in [6, 6.07) is 10.7. The fourth-order valence-electron chi connectivity index (χ4n) is 6.51. The van der Waals surface area contributed by atoms with E-state index in [1.165, 1.54) is 52.7 Å². The van der Waals surface area contributed by atoms with Crippen molar-refractivity contribution in [1.82, 2.24) is 20.1 Å². The zero-order valence-corrected chi connectivity index (χ0v) is 24.0. The number of pyridine rings is 1. The minimum atomic E-state index is -0.250. The zero-order valence-electron chi connectivity index (χ0n) is 22.4. The average molecular weight is 578 g/mol. The highest BCUT2D eigenvalue weighted by Crippen LogP contribution is 2.47. The number of hydrogen-bond acceptors (Lipinski definition) is 7. The summed E-state index contributed by atoms with van der Waals surface area (Å²) in [6.45, 7) is 4.21. The van der Waals surface area contributed by atoms with Crippen LogP contribution < -0.4 is 15.8 Å². The average Bonchev–Trinajstić information content (AvgIpc) is 3.55. The van der Waals surface area contributed by atoms with E-state index >= 15 is 0 Å². The van der Waals surface area contributed by atoms with Gasteiger partial charge in [0.15, 0.2) is 0 Å². The number of fused-ring (bicyclic) bond motifs is 2. The van der Waals surface area contributed by atoms with Gasteiger partial charge in [0.05, 0.1) is 23.0 Å². The Morgan fingerprint density at radius 2 is 2.05 bits per heavy atom. The van der Waals surface area contributed by atoms with Crippen LogP contribution in [-0.2, 0) is 17.8 Å². The molecule has 1 atom stereocenters. The Kier molecular flexibility index (Phi) is 7.37. The van der Waals surface area contributed by atoms with Crippen molar-refractivity contribution in [1.29, 1.82) is 0 Å². The Morgan fingerprint density at radius 3 is 2.77 bits per heavy atom. The first kappa shape index (κ1) is 26.9. The third-order valence-electron chi connectivity index (χ3n) is 8.44. The van der Waals surface area contributed by atoms with Crippen LogP contribution in [0, 0.1) is 6.92 Å². The van der Waals surface area contributed by atoms with Crippen molar-refractivity contribution in [3.63, 3.8) is 0 Å². The summed E-state index contributed by atoms with van der Waals surface area (Å²) >= 11 is 8.41. The van der Waals surface area contributed by atoms with E-state index in [4.69, 9.17) is 21.5 Å². The second-order valence-corrected chi connectivity index (χ2v) is 12.6. The number of aromatic nitrogens is 3. The van der Waals surface area contributed by atoms with Gasteiger partial charge in [-0.15, -0.1) is 11.3 Å². The highest BCUT2D eigenvalue weighted by molar-refractivity contribution is 7.19. The summed E-state index contributed by atoms with van der Waals surface area (Å²) in [4.78, 5) is 29.2. The maximum absolute atomic E-state index is 12.4. The van der Waals surface area contributed by atoms with Gasteiger partial charge in [-0.05, 0) is 80.8 Å². The molecule has 0 bridgehead atoms. The normalized spacial score (nSPS) is 19.1. The Morgan fingerprint density at radius 1 is 1.23 bits per heavy atom. The predicted molar refractivity (Wildman–Crippen MR) is 160 cm³/mol. The van der Waals surface area contributed by atoms with Crippen LogP contribution in [0.2, 0.25) is 5.02 Å². The Hall–Kier alpha value is -3.27.